The highest BCUT2D eigenvalue weighted by Crippen LogP contribution is 2.37. The molecular weight excluding hydrogens is 455 g/mol. The largest absolute Gasteiger partial charge is 0.454 e. The molecule has 11 heteroatoms. The predicted molar refractivity (Wildman–Crippen MR) is 125 cm³/mol. The molecule has 2 rings (SSSR count). The maximum absolute atomic E-state index is 12.2. The highest BCUT2D eigenvalue weighted by atomic mass is 35.5. The zero-order valence-electron chi connectivity index (χ0n) is 18.2. The molecule has 0 unspecified atom stereocenters. The summed E-state index contributed by atoms with van der Waals surface area (Å²) >= 11 is 12.8. The van der Waals surface area contributed by atoms with Crippen molar-refractivity contribution in [2.24, 2.45) is 4.99 Å². The first-order valence-corrected chi connectivity index (χ1v) is 10.3. The molecule has 0 spiro atoms. The SMILES string of the molecule is C\C=N/C(=C\C(Oc1c(Cl)cc(-n2nc(C#N)c(=O)[nH]c2=O)cc1Cl)=C(/C)CC)N(C)C. The minimum Gasteiger partial charge on any atom is -0.454 e. The number of allylic oxidation sites excluding steroid dienone is 2. The normalized spacial score (nSPS) is 12.5. The Labute approximate surface area is 194 Å². The van der Waals surface area contributed by atoms with Crippen molar-refractivity contribution in [3.05, 3.63) is 71.9 Å². The van der Waals surface area contributed by atoms with E-state index in [0.717, 1.165) is 10.3 Å². The molecule has 1 aromatic heterocycles. The first kappa shape index (κ1) is 24.9. The monoisotopic (exact) mass is 476 g/mol. The highest BCUT2D eigenvalue weighted by Gasteiger charge is 2.16. The second-order valence-electron chi connectivity index (χ2n) is 6.75. The van der Waals surface area contributed by atoms with Crippen molar-refractivity contribution in [2.45, 2.75) is 27.2 Å². The molecule has 0 atom stereocenters. The van der Waals surface area contributed by atoms with Crippen LogP contribution in [0.25, 0.3) is 5.69 Å². The third kappa shape index (κ3) is 5.66. The van der Waals surface area contributed by atoms with Gasteiger partial charge in [0.05, 0.1) is 15.7 Å². The molecule has 1 aromatic carbocycles. The van der Waals surface area contributed by atoms with Gasteiger partial charge in [-0.05, 0) is 38.0 Å². The summed E-state index contributed by atoms with van der Waals surface area (Å²) in [4.78, 5) is 31.9. The van der Waals surface area contributed by atoms with Crippen molar-refractivity contribution >= 4 is 29.4 Å². The number of ether oxygens (including phenoxy) is 1. The van der Waals surface area contributed by atoms with Crippen LogP contribution in [0.15, 0.2) is 49.9 Å². The standard InChI is InChI=1S/C21H22Cl2N6O3/c1-6-12(3)17(10-18(25-7-2)28(4)5)32-19-14(22)8-13(9-15(19)23)29-21(31)26-20(30)16(11-24)27-29/h7-10H,6H2,1-5H3,(H,26,30,31)/b17-12-,18-10+,25-7-. The van der Waals surface area contributed by atoms with Crippen molar-refractivity contribution in [1.82, 2.24) is 19.7 Å². The third-order valence-corrected chi connectivity index (χ3v) is 4.87. The smallest absolute Gasteiger partial charge is 0.349 e. The molecule has 0 aliphatic carbocycles. The number of aromatic nitrogens is 3. The van der Waals surface area contributed by atoms with E-state index < -0.39 is 16.9 Å². The van der Waals surface area contributed by atoms with Gasteiger partial charge in [-0.2, -0.15) is 9.94 Å². The Morgan fingerprint density at radius 2 is 1.97 bits per heavy atom. The summed E-state index contributed by atoms with van der Waals surface area (Å²) in [5, 5.41) is 13.0. The van der Waals surface area contributed by atoms with Crippen LogP contribution in [-0.2, 0) is 0 Å². The van der Waals surface area contributed by atoms with Crippen LogP contribution in [0.1, 0.15) is 32.9 Å². The lowest BCUT2D eigenvalue weighted by molar-refractivity contribution is 0.428. The highest BCUT2D eigenvalue weighted by molar-refractivity contribution is 6.37. The number of benzene rings is 1. The first-order valence-electron chi connectivity index (χ1n) is 9.51. The molecule has 0 fully saturated rings. The molecule has 0 radical (unpaired) electrons. The molecule has 9 nitrogen and oxygen atoms in total. The van der Waals surface area contributed by atoms with E-state index in [0.29, 0.717) is 18.0 Å². The summed E-state index contributed by atoms with van der Waals surface area (Å²) in [6.45, 7) is 5.71. The number of hydrogen-bond donors (Lipinski definition) is 1. The molecule has 168 valence electrons. The van der Waals surface area contributed by atoms with Gasteiger partial charge >= 0.3 is 5.69 Å². The molecule has 1 N–H and O–H groups in total. The summed E-state index contributed by atoms with van der Waals surface area (Å²) in [7, 11) is 3.72. The van der Waals surface area contributed by atoms with Gasteiger partial charge in [-0.3, -0.25) is 9.78 Å². The van der Waals surface area contributed by atoms with Crippen molar-refractivity contribution in [2.75, 3.05) is 14.1 Å². The Morgan fingerprint density at radius 1 is 1.34 bits per heavy atom. The molecule has 0 bridgehead atoms. The molecule has 0 amide bonds. The van der Waals surface area contributed by atoms with E-state index in [1.807, 2.05) is 44.8 Å². The second-order valence-corrected chi connectivity index (χ2v) is 7.57. The number of halogens is 2. The summed E-state index contributed by atoms with van der Waals surface area (Å²) < 4.78 is 6.89. The van der Waals surface area contributed by atoms with Gasteiger partial charge in [0.25, 0.3) is 5.56 Å². The van der Waals surface area contributed by atoms with Crippen LogP contribution in [0.5, 0.6) is 5.75 Å². The van der Waals surface area contributed by atoms with E-state index in [1.54, 1.807) is 18.4 Å². The molecule has 32 heavy (non-hydrogen) atoms. The molecule has 0 aliphatic heterocycles. The van der Waals surface area contributed by atoms with E-state index in [-0.39, 0.29) is 21.5 Å². The minimum absolute atomic E-state index is 0.103. The maximum Gasteiger partial charge on any atom is 0.349 e. The lowest BCUT2D eigenvalue weighted by Crippen LogP contribution is -2.33. The molecule has 0 aliphatic rings. The number of nitriles is 1. The van der Waals surface area contributed by atoms with E-state index in [4.69, 9.17) is 33.2 Å². The molecule has 0 saturated heterocycles. The zero-order chi connectivity index (χ0) is 24.0. The summed E-state index contributed by atoms with van der Waals surface area (Å²) in [6, 6.07) is 4.42. The average Bonchev–Trinajstić information content (AvgIpc) is 2.74. The van der Waals surface area contributed by atoms with Gasteiger partial charge in [-0.1, -0.05) is 30.1 Å². The zero-order valence-corrected chi connectivity index (χ0v) is 19.7. The van der Waals surface area contributed by atoms with Crippen molar-refractivity contribution < 1.29 is 4.74 Å². The second kappa shape index (κ2) is 10.8. The van der Waals surface area contributed by atoms with E-state index >= 15 is 0 Å². The van der Waals surface area contributed by atoms with Crippen LogP contribution in [0, 0.1) is 11.3 Å². The first-order chi connectivity index (χ1) is 15.1. The number of rotatable bonds is 7. The van der Waals surface area contributed by atoms with Crippen LogP contribution in [-0.4, -0.2) is 40.0 Å². The lowest BCUT2D eigenvalue weighted by Gasteiger charge is -2.17. The van der Waals surface area contributed by atoms with Gasteiger partial charge in [-0.15, -0.1) is 5.10 Å². The molecule has 0 saturated carbocycles. The fraction of sp³-hybridized carbons (Fsp3) is 0.286. The Kier molecular flexibility index (Phi) is 8.41. The lowest BCUT2D eigenvalue weighted by atomic mass is 10.2. The predicted octanol–water partition coefficient (Wildman–Crippen LogP) is 3.66. The summed E-state index contributed by atoms with van der Waals surface area (Å²) in [6.07, 6.45) is 4.15. The number of H-pyrrole nitrogens is 1. The van der Waals surface area contributed by atoms with Gasteiger partial charge in [0.2, 0.25) is 5.69 Å². The van der Waals surface area contributed by atoms with E-state index in [2.05, 4.69) is 10.1 Å². The van der Waals surface area contributed by atoms with Gasteiger partial charge in [0.1, 0.15) is 17.6 Å². The van der Waals surface area contributed by atoms with Crippen molar-refractivity contribution in [3.8, 4) is 17.5 Å². The minimum atomic E-state index is -0.881. The number of nitrogens with one attached hydrogen (secondary N) is 1. The summed E-state index contributed by atoms with van der Waals surface area (Å²) in [5.41, 5.74) is -1.10. The Bertz CT molecular complexity index is 1240. The van der Waals surface area contributed by atoms with Gasteiger partial charge in [-0.25, -0.2) is 9.79 Å². The quantitative estimate of drug-likeness (QED) is 0.370. The van der Waals surface area contributed by atoms with Crippen molar-refractivity contribution in [1.29, 1.82) is 5.26 Å². The molecule has 2 aromatic rings. The van der Waals surface area contributed by atoms with Crippen LogP contribution in [0.4, 0.5) is 0 Å². The van der Waals surface area contributed by atoms with Crippen molar-refractivity contribution in [3.63, 3.8) is 0 Å². The number of aromatic amines is 1. The number of aliphatic imine (C=N–C) groups is 1. The number of hydrogen-bond acceptors (Lipinski definition) is 7. The number of nitrogens with zero attached hydrogens (tertiary/aromatic N) is 5. The van der Waals surface area contributed by atoms with E-state index in [1.165, 1.54) is 12.1 Å². The topological polar surface area (TPSA) is 116 Å². The Hall–Kier alpha value is -3.35. The van der Waals surface area contributed by atoms with E-state index in [9.17, 15) is 9.59 Å². The van der Waals surface area contributed by atoms with Gasteiger partial charge < -0.3 is 9.64 Å². The Morgan fingerprint density at radius 3 is 2.47 bits per heavy atom. The van der Waals surface area contributed by atoms with Crippen LogP contribution < -0.4 is 16.0 Å². The van der Waals surface area contributed by atoms with Crippen LogP contribution in [0.2, 0.25) is 10.0 Å². The van der Waals surface area contributed by atoms with Gasteiger partial charge in [0.15, 0.2) is 5.75 Å². The van der Waals surface area contributed by atoms with Crippen LogP contribution in [0.3, 0.4) is 0 Å². The third-order valence-electron chi connectivity index (χ3n) is 4.30. The molecular formula is C21H22Cl2N6O3. The Balaban J connectivity index is 2.59. The summed E-state index contributed by atoms with van der Waals surface area (Å²) in [5.74, 6) is 1.35. The molecule has 1 heterocycles. The van der Waals surface area contributed by atoms with Gasteiger partial charge in [0, 0.05) is 26.4 Å². The fourth-order valence-electron chi connectivity index (χ4n) is 2.47. The maximum atomic E-state index is 12.2. The fourth-order valence-corrected chi connectivity index (χ4v) is 3.02. The average molecular weight is 477 g/mol. The van der Waals surface area contributed by atoms with Crippen LogP contribution >= 0.6 is 23.2 Å².